The van der Waals surface area contributed by atoms with Crippen molar-refractivity contribution in [3.8, 4) is 11.1 Å². The summed E-state index contributed by atoms with van der Waals surface area (Å²) in [5, 5.41) is 6.71. The number of nitrogens with zero attached hydrogens (tertiary/aromatic N) is 3. The van der Waals surface area contributed by atoms with Crippen molar-refractivity contribution in [2.24, 2.45) is 5.41 Å². The number of amides is 9. The summed E-state index contributed by atoms with van der Waals surface area (Å²) in [5.41, 5.74) is 1.10. The van der Waals surface area contributed by atoms with Gasteiger partial charge in [0.2, 0.25) is 17.7 Å². The third kappa shape index (κ3) is 20.3. The lowest BCUT2D eigenvalue weighted by molar-refractivity contribution is -0.156. The molecule has 20 nitrogen and oxygen atoms in total. The van der Waals surface area contributed by atoms with Crippen molar-refractivity contribution < 1.29 is 75.6 Å². The van der Waals surface area contributed by atoms with E-state index in [2.05, 4.69) is 30.3 Å². The fourth-order valence-electron chi connectivity index (χ4n) is 7.35. The van der Waals surface area contributed by atoms with Gasteiger partial charge in [0.1, 0.15) is 18.2 Å². The van der Waals surface area contributed by atoms with Crippen LogP contribution in [0.2, 0.25) is 25.7 Å². The lowest BCUT2D eigenvalue weighted by Crippen LogP contribution is -2.48. The lowest BCUT2D eigenvalue weighted by atomic mass is 9.82. The number of benzene rings is 2. The van der Waals surface area contributed by atoms with Crippen LogP contribution in [-0.2, 0) is 68.6 Å². The molecule has 9 amide bonds. The molecule has 0 saturated carbocycles. The lowest BCUT2D eigenvalue weighted by Gasteiger charge is -2.41. The summed E-state index contributed by atoms with van der Waals surface area (Å²) in [4.78, 5) is 114. The van der Waals surface area contributed by atoms with Crippen LogP contribution in [0.4, 0.5) is 13.6 Å². The van der Waals surface area contributed by atoms with Gasteiger partial charge in [-0.1, -0.05) is 70.7 Å². The molecule has 2 aromatic carbocycles. The van der Waals surface area contributed by atoms with Gasteiger partial charge in [0.25, 0.3) is 17.7 Å². The molecule has 1 atom stereocenters. The molecule has 3 N–H and O–H groups in total. The van der Waals surface area contributed by atoms with E-state index >= 15 is 4.39 Å². The van der Waals surface area contributed by atoms with Crippen molar-refractivity contribution in [1.29, 1.82) is 0 Å². The zero-order chi connectivity index (χ0) is 54.4. The Labute approximate surface area is 429 Å². The highest BCUT2D eigenvalue weighted by Gasteiger charge is 2.38. The fraction of sp³-hybridized carbons (Fsp3) is 0.471. The maximum absolute atomic E-state index is 15.3. The first-order chi connectivity index (χ1) is 35.0. The van der Waals surface area contributed by atoms with E-state index in [1.165, 1.54) is 4.90 Å². The Hall–Kier alpha value is -6.79. The molecule has 0 saturated heterocycles. The molecule has 1 aliphatic rings. The number of imide groups is 5. The molecule has 0 fully saturated rings. The van der Waals surface area contributed by atoms with Gasteiger partial charge in [0.05, 0.1) is 58.9 Å². The number of hydrogen-bond acceptors (Lipinski definition) is 14. The standard InChI is InChI=1S/C51H66F2N6O14Si/c1-51(2,3)47(40-30-36(38-31-37(52)12-13-39(38)53)33-57(40)32-35-10-8-7-9-11-35)58(20-18-42(61)56-50(68)73-28-29-74(4,5)6)44(63)15-14-41(60)54-19-21-69-22-23-70-24-25-71-26-27-72-34-43(62)55-48(66)49(67)59-45(64)16-17-46(59)65/h7-13,16-17,30-31,33,47H,14-15,18-29,32,34H2,1-6H3,(H,54,60)(H,55,62,66)(H,56,61,68)/t47-/m0/s1. The van der Waals surface area contributed by atoms with Crippen molar-refractivity contribution in [2.75, 3.05) is 72.6 Å². The molecule has 1 aromatic heterocycles. The van der Waals surface area contributed by atoms with Crippen LogP contribution in [0.5, 0.6) is 0 Å². The molecule has 402 valence electrons. The van der Waals surface area contributed by atoms with Crippen molar-refractivity contribution >= 4 is 61.4 Å². The molecular formula is C51H66F2N6O14Si. The average molecular weight is 1050 g/mol. The van der Waals surface area contributed by atoms with Crippen molar-refractivity contribution in [2.45, 2.75) is 78.3 Å². The van der Waals surface area contributed by atoms with Gasteiger partial charge in [-0.3, -0.25) is 49.0 Å². The van der Waals surface area contributed by atoms with Crippen LogP contribution in [0.3, 0.4) is 0 Å². The molecular weight excluding hydrogens is 987 g/mol. The third-order valence-electron chi connectivity index (χ3n) is 10.9. The molecule has 1 aliphatic heterocycles. The van der Waals surface area contributed by atoms with Crippen LogP contribution in [-0.4, -0.2) is 148 Å². The SMILES string of the molecule is CC(C)(C)[C@H](c1cc(-c2cc(F)ccc2F)cn1Cc1ccccc1)N(CCC(=O)NC(=O)OCC[Si](C)(C)C)C(=O)CCC(=O)NCCOCCOCCOCCOCC(=O)NC(=O)C(=O)N1C(=O)C=CC1=O. The first kappa shape index (κ1) is 59.8. The molecule has 3 aromatic rings. The second kappa shape index (κ2) is 29.2. The van der Waals surface area contributed by atoms with Gasteiger partial charge in [-0.15, -0.1) is 0 Å². The summed E-state index contributed by atoms with van der Waals surface area (Å²) in [6.45, 7) is 12.8. The van der Waals surface area contributed by atoms with Gasteiger partial charge in [0.15, 0.2) is 0 Å². The number of carbonyl (C=O) groups is 9. The van der Waals surface area contributed by atoms with E-state index in [-0.39, 0.29) is 95.7 Å². The predicted octanol–water partition coefficient (Wildman–Crippen LogP) is 4.44. The Bertz CT molecular complexity index is 2470. The molecule has 2 heterocycles. The molecule has 0 bridgehead atoms. The highest BCUT2D eigenvalue weighted by molar-refractivity contribution is 6.76. The van der Waals surface area contributed by atoms with Crippen LogP contribution < -0.4 is 16.0 Å². The monoisotopic (exact) mass is 1050 g/mol. The Morgan fingerprint density at radius 2 is 1.34 bits per heavy atom. The summed E-state index contributed by atoms with van der Waals surface area (Å²) in [6, 6.07) is 14.2. The zero-order valence-electron chi connectivity index (χ0n) is 42.6. The summed E-state index contributed by atoms with van der Waals surface area (Å²) < 4.78 is 58.4. The smallest absolute Gasteiger partial charge is 0.413 e. The highest BCUT2D eigenvalue weighted by Crippen LogP contribution is 2.41. The normalized spacial score (nSPS) is 12.9. The second-order valence-electron chi connectivity index (χ2n) is 19.3. The van der Waals surface area contributed by atoms with E-state index in [9.17, 15) is 47.5 Å². The topological polar surface area (TPSA) is 247 Å². The summed E-state index contributed by atoms with van der Waals surface area (Å²) in [7, 11) is -1.52. The number of carbonyl (C=O) groups excluding carboxylic acids is 9. The molecule has 0 unspecified atom stereocenters. The number of nitrogens with one attached hydrogen (secondary N) is 3. The van der Waals surface area contributed by atoms with E-state index < -0.39 is 91.1 Å². The Morgan fingerprint density at radius 1 is 0.716 bits per heavy atom. The number of halogens is 2. The number of rotatable bonds is 28. The minimum atomic E-state index is -1.52. The van der Waals surface area contributed by atoms with Gasteiger partial charge in [-0.05, 0) is 41.3 Å². The molecule has 4 rings (SSSR count). The summed E-state index contributed by atoms with van der Waals surface area (Å²) in [6.07, 6.45) is 1.68. The van der Waals surface area contributed by atoms with Crippen LogP contribution in [0.15, 0.2) is 72.9 Å². The number of hydrogen-bond donors (Lipinski definition) is 3. The Balaban J connectivity index is 1.27. The quantitative estimate of drug-likeness (QED) is 0.0394. The van der Waals surface area contributed by atoms with E-state index in [1.54, 1.807) is 17.6 Å². The molecule has 23 heteroatoms. The van der Waals surface area contributed by atoms with Gasteiger partial charge in [-0.2, -0.15) is 0 Å². The molecule has 0 spiro atoms. The minimum absolute atomic E-state index is 0.0193. The van der Waals surface area contributed by atoms with E-state index in [4.69, 9.17) is 23.7 Å². The van der Waals surface area contributed by atoms with Crippen LogP contribution in [0.25, 0.3) is 11.1 Å². The first-order valence-electron chi connectivity index (χ1n) is 24.0. The molecule has 74 heavy (non-hydrogen) atoms. The van der Waals surface area contributed by atoms with Crippen LogP contribution in [0, 0.1) is 17.0 Å². The minimum Gasteiger partial charge on any atom is -0.450 e. The first-order valence-corrected chi connectivity index (χ1v) is 27.7. The third-order valence-corrected chi connectivity index (χ3v) is 12.7. The Kier molecular flexibility index (Phi) is 23.6. The van der Waals surface area contributed by atoms with E-state index in [0.29, 0.717) is 23.8 Å². The van der Waals surface area contributed by atoms with Crippen LogP contribution in [0.1, 0.15) is 57.3 Å². The van der Waals surface area contributed by atoms with Gasteiger partial charge >= 0.3 is 17.9 Å². The van der Waals surface area contributed by atoms with E-state index in [0.717, 1.165) is 35.9 Å². The van der Waals surface area contributed by atoms with Gasteiger partial charge in [-0.25, -0.2) is 18.5 Å². The maximum Gasteiger partial charge on any atom is 0.413 e. The van der Waals surface area contributed by atoms with Crippen LogP contribution >= 0.6 is 0 Å². The van der Waals surface area contributed by atoms with Gasteiger partial charge in [0, 0.05) is 82.1 Å². The molecule has 0 radical (unpaired) electrons. The Morgan fingerprint density at radius 3 is 1.96 bits per heavy atom. The summed E-state index contributed by atoms with van der Waals surface area (Å²) in [5.74, 6) is -8.76. The highest BCUT2D eigenvalue weighted by atomic mass is 28.3. The van der Waals surface area contributed by atoms with Crippen molar-refractivity contribution in [3.05, 3.63) is 95.8 Å². The number of ether oxygens (including phenoxy) is 5. The largest absolute Gasteiger partial charge is 0.450 e. The number of alkyl carbamates (subject to hydrolysis) is 1. The fourth-order valence-corrected chi connectivity index (χ4v) is 8.07. The van der Waals surface area contributed by atoms with Crippen molar-refractivity contribution in [3.63, 3.8) is 0 Å². The van der Waals surface area contributed by atoms with Crippen molar-refractivity contribution in [1.82, 2.24) is 30.3 Å². The predicted molar refractivity (Wildman–Crippen MR) is 266 cm³/mol. The summed E-state index contributed by atoms with van der Waals surface area (Å²) >= 11 is 0. The van der Waals surface area contributed by atoms with Gasteiger partial charge < -0.3 is 38.5 Å². The second-order valence-corrected chi connectivity index (χ2v) is 24.9. The number of aromatic nitrogens is 1. The van der Waals surface area contributed by atoms with E-state index in [1.807, 2.05) is 55.7 Å². The molecule has 0 aliphatic carbocycles. The zero-order valence-corrected chi connectivity index (χ0v) is 43.6. The average Bonchev–Trinajstić information content (AvgIpc) is 3.89. The maximum atomic E-state index is 15.3.